The fraction of sp³-hybridized carbons (Fsp3) is 0.733. The van der Waals surface area contributed by atoms with Crippen molar-refractivity contribution in [1.82, 2.24) is 10.6 Å². The predicted octanol–water partition coefficient (Wildman–Crippen LogP) is 2.37. The number of rotatable bonds is 9. The summed E-state index contributed by atoms with van der Waals surface area (Å²) in [6, 6.07) is -0.504. The SMILES string of the molecule is C#CC(CCC)NC(=O)NC(C)CCCC(C)C(=O)O. The lowest BCUT2D eigenvalue weighted by atomic mass is 10.0. The molecule has 0 saturated heterocycles. The van der Waals surface area contributed by atoms with Crippen molar-refractivity contribution in [2.75, 3.05) is 0 Å². The van der Waals surface area contributed by atoms with Gasteiger partial charge in [0.2, 0.25) is 0 Å². The summed E-state index contributed by atoms with van der Waals surface area (Å²) in [6.45, 7) is 5.60. The molecule has 0 rings (SSSR count). The van der Waals surface area contributed by atoms with Gasteiger partial charge in [-0.05, 0) is 26.2 Å². The molecule has 0 fully saturated rings. The fourth-order valence-electron chi connectivity index (χ4n) is 1.84. The van der Waals surface area contributed by atoms with E-state index in [2.05, 4.69) is 16.6 Å². The Hall–Kier alpha value is -1.70. The Balaban J connectivity index is 3.90. The lowest BCUT2D eigenvalue weighted by Crippen LogP contribution is -2.45. The summed E-state index contributed by atoms with van der Waals surface area (Å²) in [7, 11) is 0. The molecule has 3 atom stereocenters. The molecule has 0 bridgehead atoms. The average Bonchev–Trinajstić information content (AvgIpc) is 2.37. The van der Waals surface area contributed by atoms with Crippen LogP contribution in [0.3, 0.4) is 0 Å². The van der Waals surface area contributed by atoms with Gasteiger partial charge in [0, 0.05) is 6.04 Å². The third kappa shape index (κ3) is 8.41. The molecule has 0 heterocycles. The summed E-state index contributed by atoms with van der Waals surface area (Å²) in [4.78, 5) is 22.4. The molecule has 114 valence electrons. The van der Waals surface area contributed by atoms with Crippen LogP contribution in [-0.2, 0) is 4.79 Å². The van der Waals surface area contributed by atoms with Crippen molar-refractivity contribution in [3.05, 3.63) is 0 Å². The highest BCUT2D eigenvalue weighted by Gasteiger charge is 2.13. The van der Waals surface area contributed by atoms with Crippen molar-refractivity contribution < 1.29 is 14.7 Å². The van der Waals surface area contributed by atoms with Gasteiger partial charge in [0.15, 0.2) is 0 Å². The van der Waals surface area contributed by atoms with Crippen LogP contribution >= 0.6 is 0 Å². The average molecular weight is 282 g/mol. The van der Waals surface area contributed by atoms with Gasteiger partial charge in [0.1, 0.15) is 0 Å². The van der Waals surface area contributed by atoms with E-state index in [1.54, 1.807) is 6.92 Å². The van der Waals surface area contributed by atoms with Crippen molar-refractivity contribution in [2.24, 2.45) is 5.92 Å². The molecule has 0 aromatic heterocycles. The van der Waals surface area contributed by atoms with Crippen LogP contribution in [0.1, 0.15) is 52.9 Å². The van der Waals surface area contributed by atoms with E-state index >= 15 is 0 Å². The van der Waals surface area contributed by atoms with Crippen molar-refractivity contribution in [3.8, 4) is 12.3 Å². The molecule has 20 heavy (non-hydrogen) atoms. The number of carbonyl (C=O) groups excluding carboxylic acids is 1. The maximum absolute atomic E-state index is 11.7. The fourth-order valence-corrected chi connectivity index (χ4v) is 1.84. The molecule has 0 aliphatic rings. The first-order valence-electron chi connectivity index (χ1n) is 7.16. The van der Waals surface area contributed by atoms with Gasteiger partial charge in [-0.3, -0.25) is 4.79 Å². The van der Waals surface area contributed by atoms with Crippen molar-refractivity contribution >= 4 is 12.0 Å². The summed E-state index contributed by atoms with van der Waals surface area (Å²) in [5.41, 5.74) is 0. The van der Waals surface area contributed by atoms with Gasteiger partial charge in [-0.2, -0.15) is 0 Å². The van der Waals surface area contributed by atoms with Crippen molar-refractivity contribution in [1.29, 1.82) is 0 Å². The molecule has 5 nitrogen and oxygen atoms in total. The third-order valence-corrected chi connectivity index (χ3v) is 3.16. The summed E-state index contributed by atoms with van der Waals surface area (Å²) >= 11 is 0. The minimum atomic E-state index is -0.778. The molecule has 0 spiro atoms. The van der Waals surface area contributed by atoms with Crippen LogP contribution in [0, 0.1) is 18.3 Å². The van der Waals surface area contributed by atoms with Gasteiger partial charge >= 0.3 is 12.0 Å². The van der Waals surface area contributed by atoms with Gasteiger partial charge in [-0.1, -0.05) is 32.6 Å². The van der Waals surface area contributed by atoms with E-state index < -0.39 is 5.97 Å². The van der Waals surface area contributed by atoms with E-state index in [-0.39, 0.29) is 24.0 Å². The highest BCUT2D eigenvalue weighted by Crippen LogP contribution is 2.09. The largest absolute Gasteiger partial charge is 0.481 e. The Kier molecular flexibility index (Phi) is 9.27. The van der Waals surface area contributed by atoms with E-state index in [4.69, 9.17) is 11.5 Å². The monoisotopic (exact) mass is 282 g/mol. The number of terminal acetylenes is 1. The third-order valence-electron chi connectivity index (χ3n) is 3.16. The Morgan fingerprint density at radius 1 is 1.20 bits per heavy atom. The van der Waals surface area contributed by atoms with Crippen LogP contribution in [0.4, 0.5) is 4.79 Å². The maximum atomic E-state index is 11.7. The molecule has 3 unspecified atom stereocenters. The number of aliphatic carboxylic acids is 1. The van der Waals surface area contributed by atoms with Crippen molar-refractivity contribution in [2.45, 2.75) is 65.0 Å². The Labute approximate surface area is 121 Å². The first kappa shape index (κ1) is 18.3. The second kappa shape index (κ2) is 10.1. The number of carboxylic acid groups (broad SMARTS) is 1. The Morgan fingerprint density at radius 2 is 1.85 bits per heavy atom. The van der Waals surface area contributed by atoms with Gasteiger partial charge in [-0.15, -0.1) is 6.42 Å². The molecule has 0 radical (unpaired) electrons. The van der Waals surface area contributed by atoms with E-state index in [0.717, 1.165) is 25.7 Å². The van der Waals surface area contributed by atoms with Crippen LogP contribution < -0.4 is 10.6 Å². The number of carboxylic acids is 1. The summed E-state index contributed by atoms with van der Waals surface area (Å²) in [5, 5.41) is 14.3. The predicted molar refractivity (Wildman–Crippen MR) is 79.3 cm³/mol. The van der Waals surface area contributed by atoms with Gasteiger partial charge in [0.25, 0.3) is 0 Å². The van der Waals surface area contributed by atoms with Crippen LogP contribution in [0.5, 0.6) is 0 Å². The number of carbonyl (C=O) groups is 2. The van der Waals surface area contributed by atoms with Gasteiger partial charge < -0.3 is 15.7 Å². The standard InChI is InChI=1S/C15H26N2O3/c1-5-8-13(6-2)17-15(20)16-12(4)10-7-9-11(3)14(18)19/h2,11-13H,5,7-10H2,1,3-4H3,(H,18,19)(H2,16,17,20). The normalized spacial score (nSPS) is 14.7. The summed E-state index contributed by atoms with van der Waals surface area (Å²) in [6.07, 6.45) is 9.14. The highest BCUT2D eigenvalue weighted by molar-refractivity contribution is 5.74. The zero-order valence-corrected chi connectivity index (χ0v) is 12.6. The molecule has 0 aromatic carbocycles. The van der Waals surface area contributed by atoms with Crippen LogP contribution in [0.2, 0.25) is 0 Å². The molecule has 2 amide bonds. The Morgan fingerprint density at radius 3 is 2.35 bits per heavy atom. The number of amides is 2. The molecule has 0 aliphatic carbocycles. The number of hydrogen-bond donors (Lipinski definition) is 3. The summed E-state index contributed by atoms with van der Waals surface area (Å²) in [5.74, 6) is 1.42. The number of nitrogens with one attached hydrogen (secondary N) is 2. The minimum Gasteiger partial charge on any atom is -0.481 e. The second-order valence-electron chi connectivity index (χ2n) is 5.20. The van der Waals surface area contributed by atoms with E-state index in [1.807, 2.05) is 13.8 Å². The smallest absolute Gasteiger partial charge is 0.315 e. The lowest BCUT2D eigenvalue weighted by Gasteiger charge is -2.17. The molecular weight excluding hydrogens is 256 g/mol. The Bertz CT molecular complexity index is 350. The molecule has 0 saturated carbocycles. The zero-order chi connectivity index (χ0) is 15.5. The number of hydrogen-bond acceptors (Lipinski definition) is 2. The molecular formula is C15H26N2O3. The molecule has 0 aromatic rings. The van der Waals surface area contributed by atoms with Gasteiger partial charge in [-0.25, -0.2) is 4.79 Å². The lowest BCUT2D eigenvalue weighted by molar-refractivity contribution is -0.141. The first-order chi connectivity index (χ1) is 9.40. The molecule has 5 heteroatoms. The van der Waals surface area contributed by atoms with Crippen LogP contribution in [-0.4, -0.2) is 29.2 Å². The second-order valence-corrected chi connectivity index (χ2v) is 5.20. The topological polar surface area (TPSA) is 78.4 Å². The molecule has 0 aliphatic heterocycles. The number of urea groups is 1. The first-order valence-corrected chi connectivity index (χ1v) is 7.16. The summed E-state index contributed by atoms with van der Waals surface area (Å²) < 4.78 is 0. The minimum absolute atomic E-state index is 0.00366. The zero-order valence-electron chi connectivity index (χ0n) is 12.6. The highest BCUT2D eigenvalue weighted by atomic mass is 16.4. The van der Waals surface area contributed by atoms with Gasteiger partial charge in [0.05, 0.1) is 12.0 Å². The quantitative estimate of drug-likeness (QED) is 0.568. The van der Waals surface area contributed by atoms with E-state index in [9.17, 15) is 9.59 Å². The van der Waals surface area contributed by atoms with Crippen molar-refractivity contribution in [3.63, 3.8) is 0 Å². The van der Waals surface area contributed by atoms with Crippen LogP contribution in [0.25, 0.3) is 0 Å². The maximum Gasteiger partial charge on any atom is 0.315 e. The van der Waals surface area contributed by atoms with E-state index in [0.29, 0.717) is 6.42 Å². The molecule has 3 N–H and O–H groups in total. The van der Waals surface area contributed by atoms with Crippen LogP contribution in [0.15, 0.2) is 0 Å². The van der Waals surface area contributed by atoms with E-state index in [1.165, 1.54) is 0 Å².